The van der Waals surface area contributed by atoms with Crippen LogP contribution in [-0.4, -0.2) is 12.6 Å². The lowest BCUT2D eigenvalue weighted by Crippen LogP contribution is -2.37. The molecular formula is C16H25NO. The second-order valence-corrected chi connectivity index (χ2v) is 5.53. The largest absolute Gasteiger partial charge is 0.491 e. The van der Waals surface area contributed by atoms with Gasteiger partial charge in [0.25, 0.3) is 0 Å². The van der Waals surface area contributed by atoms with Gasteiger partial charge in [-0.25, -0.2) is 0 Å². The molecular weight excluding hydrogens is 222 g/mol. The number of para-hydroxylation sites is 1. The van der Waals surface area contributed by atoms with Gasteiger partial charge in [-0.1, -0.05) is 31.5 Å². The summed E-state index contributed by atoms with van der Waals surface area (Å²) in [7, 11) is 0. The molecule has 2 rings (SSSR count). The van der Waals surface area contributed by atoms with Gasteiger partial charge in [0.1, 0.15) is 5.75 Å². The maximum Gasteiger partial charge on any atom is 0.124 e. The molecule has 0 aromatic heterocycles. The Hall–Kier alpha value is -1.02. The van der Waals surface area contributed by atoms with Gasteiger partial charge in [-0.3, -0.25) is 0 Å². The van der Waals surface area contributed by atoms with E-state index in [-0.39, 0.29) is 11.6 Å². The van der Waals surface area contributed by atoms with Crippen LogP contribution >= 0.6 is 0 Å². The summed E-state index contributed by atoms with van der Waals surface area (Å²) < 4.78 is 5.99. The second-order valence-electron chi connectivity index (χ2n) is 5.53. The van der Waals surface area contributed by atoms with Crippen molar-refractivity contribution in [3.05, 3.63) is 29.8 Å². The van der Waals surface area contributed by atoms with E-state index in [2.05, 4.69) is 50.4 Å². The molecule has 1 fully saturated rings. The van der Waals surface area contributed by atoms with Crippen molar-refractivity contribution in [1.29, 1.82) is 0 Å². The lowest BCUT2D eigenvalue weighted by atomic mass is 9.83. The van der Waals surface area contributed by atoms with E-state index in [0.717, 1.165) is 12.3 Å². The first-order chi connectivity index (χ1) is 8.68. The Labute approximate surface area is 111 Å². The number of ether oxygens (including phenoxy) is 1. The molecule has 1 N–H and O–H groups in total. The average molecular weight is 247 g/mol. The molecule has 0 spiro atoms. The lowest BCUT2D eigenvalue weighted by Gasteiger charge is -2.32. The highest BCUT2D eigenvalue weighted by atomic mass is 16.5. The maximum atomic E-state index is 5.99. The van der Waals surface area contributed by atoms with Crippen LogP contribution in [0.4, 0.5) is 0 Å². The molecule has 1 unspecified atom stereocenters. The predicted molar refractivity (Wildman–Crippen MR) is 76.0 cm³/mol. The van der Waals surface area contributed by atoms with Gasteiger partial charge in [0.15, 0.2) is 0 Å². The zero-order valence-corrected chi connectivity index (χ0v) is 11.8. The van der Waals surface area contributed by atoms with Gasteiger partial charge >= 0.3 is 0 Å². The van der Waals surface area contributed by atoms with Crippen LogP contribution in [0.15, 0.2) is 24.3 Å². The third kappa shape index (κ3) is 2.69. The van der Waals surface area contributed by atoms with Crippen molar-refractivity contribution in [1.82, 2.24) is 5.32 Å². The Kier molecular flexibility index (Phi) is 4.28. The summed E-state index contributed by atoms with van der Waals surface area (Å²) in [4.78, 5) is 0. The number of hydrogen-bond donors (Lipinski definition) is 1. The first-order valence-corrected chi connectivity index (χ1v) is 7.19. The van der Waals surface area contributed by atoms with Crippen molar-refractivity contribution >= 4 is 0 Å². The maximum absolute atomic E-state index is 5.99. The van der Waals surface area contributed by atoms with E-state index in [9.17, 15) is 0 Å². The Morgan fingerprint density at radius 2 is 2.11 bits per heavy atom. The highest BCUT2D eigenvalue weighted by molar-refractivity contribution is 5.40. The molecule has 0 saturated carbocycles. The average Bonchev–Trinajstić information content (AvgIpc) is 2.79. The van der Waals surface area contributed by atoms with Crippen molar-refractivity contribution in [3.8, 4) is 5.75 Å². The molecule has 2 nitrogen and oxygen atoms in total. The Morgan fingerprint density at radius 1 is 1.33 bits per heavy atom. The summed E-state index contributed by atoms with van der Waals surface area (Å²) in [6.45, 7) is 7.56. The first-order valence-electron chi connectivity index (χ1n) is 7.19. The SMILES string of the molecule is CCCC1(c2ccccc2OC(C)C)CCCN1. The molecule has 0 aliphatic carbocycles. The number of hydrogen-bond acceptors (Lipinski definition) is 2. The van der Waals surface area contributed by atoms with Gasteiger partial charge in [-0.15, -0.1) is 0 Å². The Balaban J connectivity index is 2.35. The lowest BCUT2D eigenvalue weighted by molar-refractivity contribution is 0.229. The number of nitrogens with one attached hydrogen (secondary N) is 1. The molecule has 1 aromatic rings. The van der Waals surface area contributed by atoms with E-state index in [1.807, 2.05) is 0 Å². The normalized spacial score (nSPS) is 23.6. The van der Waals surface area contributed by atoms with E-state index in [1.165, 1.54) is 31.2 Å². The van der Waals surface area contributed by atoms with Crippen molar-refractivity contribution < 1.29 is 4.74 Å². The fourth-order valence-corrected chi connectivity index (χ4v) is 3.03. The molecule has 1 saturated heterocycles. The summed E-state index contributed by atoms with van der Waals surface area (Å²) in [5.41, 5.74) is 1.48. The van der Waals surface area contributed by atoms with Crippen LogP contribution in [-0.2, 0) is 5.54 Å². The molecule has 100 valence electrons. The fraction of sp³-hybridized carbons (Fsp3) is 0.625. The Bertz CT molecular complexity index is 380. The van der Waals surface area contributed by atoms with Crippen molar-refractivity contribution in [2.24, 2.45) is 0 Å². The molecule has 2 heteroatoms. The summed E-state index contributed by atoms with van der Waals surface area (Å²) >= 11 is 0. The summed E-state index contributed by atoms with van der Waals surface area (Å²) in [6.07, 6.45) is 5.09. The van der Waals surface area contributed by atoms with Crippen LogP contribution in [0.2, 0.25) is 0 Å². The fourth-order valence-electron chi connectivity index (χ4n) is 3.03. The molecule has 18 heavy (non-hydrogen) atoms. The molecule has 0 bridgehead atoms. The topological polar surface area (TPSA) is 21.3 Å². The highest BCUT2D eigenvalue weighted by Crippen LogP contribution is 2.40. The van der Waals surface area contributed by atoms with Crippen LogP contribution in [0.5, 0.6) is 5.75 Å². The molecule has 1 aliphatic rings. The first kappa shape index (κ1) is 13.4. The zero-order valence-electron chi connectivity index (χ0n) is 11.8. The molecule has 1 aliphatic heterocycles. The number of rotatable bonds is 5. The molecule has 1 atom stereocenters. The molecule has 0 amide bonds. The van der Waals surface area contributed by atoms with Crippen LogP contribution < -0.4 is 10.1 Å². The standard InChI is InChI=1S/C16H25NO/c1-4-10-16(11-7-12-17-16)14-8-5-6-9-15(14)18-13(2)3/h5-6,8-9,13,17H,4,7,10-12H2,1-3H3. The minimum atomic E-state index is 0.139. The predicted octanol–water partition coefficient (Wildman–Crippen LogP) is 3.85. The van der Waals surface area contributed by atoms with Gasteiger partial charge in [0.05, 0.1) is 6.10 Å². The van der Waals surface area contributed by atoms with E-state index in [1.54, 1.807) is 0 Å². The minimum Gasteiger partial charge on any atom is -0.491 e. The van der Waals surface area contributed by atoms with Gasteiger partial charge in [0, 0.05) is 11.1 Å². The van der Waals surface area contributed by atoms with Crippen molar-refractivity contribution in [3.63, 3.8) is 0 Å². The highest BCUT2D eigenvalue weighted by Gasteiger charge is 2.36. The third-order valence-electron chi connectivity index (χ3n) is 3.69. The number of benzene rings is 1. The van der Waals surface area contributed by atoms with Gasteiger partial charge in [-0.05, 0) is 45.7 Å². The van der Waals surface area contributed by atoms with E-state index >= 15 is 0 Å². The van der Waals surface area contributed by atoms with Gasteiger partial charge in [0.2, 0.25) is 0 Å². The second kappa shape index (κ2) is 5.75. The smallest absolute Gasteiger partial charge is 0.124 e. The van der Waals surface area contributed by atoms with E-state index in [4.69, 9.17) is 4.74 Å². The van der Waals surface area contributed by atoms with Gasteiger partial charge in [-0.2, -0.15) is 0 Å². The Morgan fingerprint density at radius 3 is 2.72 bits per heavy atom. The quantitative estimate of drug-likeness (QED) is 0.853. The van der Waals surface area contributed by atoms with Crippen molar-refractivity contribution in [2.45, 2.75) is 58.1 Å². The molecule has 1 heterocycles. The van der Waals surface area contributed by atoms with E-state index in [0.29, 0.717) is 0 Å². The zero-order chi connectivity index (χ0) is 13.0. The molecule has 1 aromatic carbocycles. The summed E-state index contributed by atoms with van der Waals surface area (Å²) in [5, 5.41) is 3.72. The van der Waals surface area contributed by atoms with E-state index < -0.39 is 0 Å². The van der Waals surface area contributed by atoms with Crippen LogP contribution in [0.3, 0.4) is 0 Å². The van der Waals surface area contributed by atoms with Crippen LogP contribution in [0.25, 0.3) is 0 Å². The minimum absolute atomic E-state index is 0.139. The summed E-state index contributed by atoms with van der Waals surface area (Å²) in [5.74, 6) is 1.05. The molecule has 0 radical (unpaired) electrons. The monoisotopic (exact) mass is 247 g/mol. The summed E-state index contributed by atoms with van der Waals surface area (Å²) in [6, 6.07) is 8.52. The van der Waals surface area contributed by atoms with Gasteiger partial charge < -0.3 is 10.1 Å². The van der Waals surface area contributed by atoms with Crippen molar-refractivity contribution in [2.75, 3.05) is 6.54 Å². The third-order valence-corrected chi connectivity index (χ3v) is 3.69. The van der Waals surface area contributed by atoms with Crippen LogP contribution in [0, 0.1) is 0 Å². The van der Waals surface area contributed by atoms with Crippen LogP contribution in [0.1, 0.15) is 52.0 Å².